The number of nitrogens with one attached hydrogen (secondary N) is 1. The normalized spacial score (nSPS) is 10.7. The molecule has 4 aromatic carbocycles. The Hall–Kier alpha value is -4.71. The van der Waals surface area contributed by atoms with Crippen LogP contribution in [0, 0.1) is 10.1 Å². The van der Waals surface area contributed by atoms with Crippen molar-refractivity contribution in [2.24, 2.45) is 0 Å². The van der Waals surface area contributed by atoms with Gasteiger partial charge in [-0.3, -0.25) is 10.1 Å². The first-order chi connectivity index (χ1) is 16.6. The zero-order chi connectivity index (χ0) is 23.5. The molecule has 6 nitrogen and oxygen atoms in total. The Bertz CT molecular complexity index is 1420. The van der Waals surface area contributed by atoms with Gasteiger partial charge in [0.2, 0.25) is 0 Å². The number of H-pyrrole nitrogens is 1. The summed E-state index contributed by atoms with van der Waals surface area (Å²) in [5.41, 5.74) is 6.76. The molecule has 34 heavy (non-hydrogen) atoms. The highest BCUT2D eigenvalue weighted by molar-refractivity contribution is 5.82. The maximum atomic E-state index is 10.9. The molecule has 1 aromatic heterocycles. The van der Waals surface area contributed by atoms with E-state index in [1.165, 1.54) is 12.1 Å². The molecular weight excluding hydrogens is 426 g/mol. The lowest BCUT2D eigenvalue weighted by atomic mass is 10.0. The van der Waals surface area contributed by atoms with E-state index in [-0.39, 0.29) is 5.69 Å². The third kappa shape index (κ3) is 4.17. The molecule has 0 saturated carbocycles. The smallest absolute Gasteiger partial charge is 0.269 e. The third-order valence-corrected chi connectivity index (χ3v) is 5.70. The molecule has 5 rings (SSSR count). The van der Waals surface area contributed by atoms with Crippen molar-refractivity contribution in [1.82, 2.24) is 9.97 Å². The molecule has 0 amide bonds. The maximum absolute atomic E-state index is 10.9. The number of benzene rings is 4. The number of hydrogen-bond acceptors (Lipinski definition) is 4. The van der Waals surface area contributed by atoms with Gasteiger partial charge in [-0.25, -0.2) is 4.98 Å². The summed E-state index contributed by atoms with van der Waals surface area (Å²) in [4.78, 5) is 19.0. The number of nitrogens with zero attached hydrogens (tertiary/aromatic N) is 2. The van der Waals surface area contributed by atoms with Crippen LogP contribution in [0.3, 0.4) is 0 Å². The SMILES string of the molecule is COc1ccc(-c2nc(-c3ccccc3)c(-c3ccc(-c4ccc([N+](=O)[O-])cc4)cc3)[nH]2)cc1. The number of hydrogen-bond donors (Lipinski definition) is 1. The molecule has 1 N–H and O–H groups in total. The van der Waals surface area contributed by atoms with Crippen LogP contribution in [-0.4, -0.2) is 22.0 Å². The van der Waals surface area contributed by atoms with Crippen molar-refractivity contribution >= 4 is 5.69 Å². The lowest BCUT2D eigenvalue weighted by molar-refractivity contribution is -0.384. The fraction of sp³-hybridized carbons (Fsp3) is 0.0357. The van der Waals surface area contributed by atoms with Gasteiger partial charge in [0.25, 0.3) is 5.69 Å². The minimum absolute atomic E-state index is 0.0800. The van der Waals surface area contributed by atoms with Gasteiger partial charge in [0.1, 0.15) is 11.6 Å². The molecule has 0 aliphatic rings. The number of rotatable bonds is 6. The molecule has 0 fully saturated rings. The van der Waals surface area contributed by atoms with E-state index in [1.807, 2.05) is 78.9 Å². The summed E-state index contributed by atoms with van der Waals surface area (Å²) >= 11 is 0. The average molecular weight is 447 g/mol. The summed E-state index contributed by atoms with van der Waals surface area (Å²) in [6.07, 6.45) is 0. The molecule has 5 aromatic rings. The van der Waals surface area contributed by atoms with E-state index in [0.717, 1.165) is 50.8 Å². The Morgan fingerprint density at radius 1 is 0.706 bits per heavy atom. The summed E-state index contributed by atoms with van der Waals surface area (Å²) in [5, 5.41) is 10.9. The number of nitro groups is 1. The topological polar surface area (TPSA) is 81.1 Å². The molecule has 0 bridgehead atoms. The van der Waals surface area contributed by atoms with Gasteiger partial charge in [0, 0.05) is 28.8 Å². The second kappa shape index (κ2) is 9.03. The Morgan fingerprint density at radius 2 is 1.26 bits per heavy atom. The predicted molar refractivity (Wildman–Crippen MR) is 134 cm³/mol. The van der Waals surface area contributed by atoms with E-state index in [1.54, 1.807) is 19.2 Å². The molecule has 0 spiro atoms. The average Bonchev–Trinajstić information content (AvgIpc) is 3.35. The van der Waals surface area contributed by atoms with Crippen molar-refractivity contribution in [3.8, 4) is 50.8 Å². The van der Waals surface area contributed by atoms with Gasteiger partial charge in [-0.05, 0) is 47.5 Å². The molecule has 0 saturated heterocycles. The Balaban J connectivity index is 1.54. The summed E-state index contributed by atoms with van der Waals surface area (Å²) in [7, 11) is 1.65. The van der Waals surface area contributed by atoms with Gasteiger partial charge in [-0.2, -0.15) is 0 Å². The minimum Gasteiger partial charge on any atom is -0.497 e. The highest BCUT2D eigenvalue weighted by atomic mass is 16.6. The highest BCUT2D eigenvalue weighted by Gasteiger charge is 2.15. The summed E-state index contributed by atoms with van der Waals surface area (Å²) in [6.45, 7) is 0. The molecule has 0 aliphatic carbocycles. The molecule has 0 atom stereocenters. The van der Waals surface area contributed by atoms with Crippen molar-refractivity contribution < 1.29 is 9.66 Å². The van der Waals surface area contributed by atoms with Gasteiger partial charge in [-0.1, -0.05) is 54.6 Å². The van der Waals surface area contributed by atoms with Crippen molar-refractivity contribution in [2.75, 3.05) is 7.11 Å². The van der Waals surface area contributed by atoms with Gasteiger partial charge in [0.05, 0.1) is 23.4 Å². The van der Waals surface area contributed by atoms with E-state index in [9.17, 15) is 10.1 Å². The quantitative estimate of drug-likeness (QED) is 0.225. The van der Waals surface area contributed by atoms with Gasteiger partial charge < -0.3 is 9.72 Å². The Kier molecular flexibility index (Phi) is 5.62. The van der Waals surface area contributed by atoms with Gasteiger partial charge in [-0.15, -0.1) is 0 Å². The molecule has 1 heterocycles. The van der Waals surface area contributed by atoms with Crippen LogP contribution in [0.4, 0.5) is 5.69 Å². The van der Waals surface area contributed by atoms with Crippen LogP contribution in [-0.2, 0) is 0 Å². The van der Waals surface area contributed by atoms with Gasteiger partial charge >= 0.3 is 0 Å². The van der Waals surface area contributed by atoms with E-state index in [0.29, 0.717) is 0 Å². The molecule has 0 aliphatic heterocycles. The number of imidazole rings is 1. The molecular formula is C28H21N3O3. The largest absolute Gasteiger partial charge is 0.497 e. The number of aromatic amines is 1. The van der Waals surface area contributed by atoms with Crippen molar-refractivity contribution in [1.29, 1.82) is 0 Å². The first-order valence-corrected chi connectivity index (χ1v) is 10.8. The number of nitro benzene ring substituents is 1. The zero-order valence-corrected chi connectivity index (χ0v) is 18.4. The molecule has 0 unspecified atom stereocenters. The maximum Gasteiger partial charge on any atom is 0.269 e. The summed E-state index contributed by atoms with van der Waals surface area (Å²) in [6, 6.07) is 32.5. The van der Waals surface area contributed by atoms with E-state index >= 15 is 0 Å². The number of methoxy groups -OCH3 is 1. The number of aromatic nitrogens is 2. The van der Waals surface area contributed by atoms with Crippen LogP contribution >= 0.6 is 0 Å². The van der Waals surface area contributed by atoms with Crippen molar-refractivity contribution in [2.45, 2.75) is 0 Å². The Labute approximate surface area is 196 Å². The number of ether oxygens (including phenoxy) is 1. The Morgan fingerprint density at radius 3 is 1.85 bits per heavy atom. The summed E-state index contributed by atoms with van der Waals surface area (Å²) in [5.74, 6) is 1.57. The van der Waals surface area contributed by atoms with E-state index in [4.69, 9.17) is 9.72 Å². The van der Waals surface area contributed by atoms with Crippen LogP contribution in [0.15, 0.2) is 103 Å². The van der Waals surface area contributed by atoms with Crippen LogP contribution in [0.25, 0.3) is 45.0 Å². The lowest BCUT2D eigenvalue weighted by Gasteiger charge is -2.06. The zero-order valence-electron chi connectivity index (χ0n) is 18.4. The van der Waals surface area contributed by atoms with E-state index < -0.39 is 4.92 Å². The highest BCUT2D eigenvalue weighted by Crippen LogP contribution is 2.34. The second-order valence-electron chi connectivity index (χ2n) is 7.78. The van der Waals surface area contributed by atoms with Gasteiger partial charge in [0.15, 0.2) is 0 Å². The number of non-ortho nitro benzene ring substituents is 1. The van der Waals surface area contributed by atoms with Crippen LogP contribution in [0.2, 0.25) is 0 Å². The van der Waals surface area contributed by atoms with Crippen LogP contribution < -0.4 is 4.74 Å². The fourth-order valence-electron chi connectivity index (χ4n) is 3.88. The minimum atomic E-state index is -0.392. The van der Waals surface area contributed by atoms with E-state index in [2.05, 4.69) is 4.98 Å². The van der Waals surface area contributed by atoms with Crippen LogP contribution in [0.1, 0.15) is 0 Å². The predicted octanol–water partition coefficient (Wildman–Crippen LogP) is 6.99. The first-order valence-electron chi connectivity index (χ1n) is 10.8. The lowest BCUT2D eigenvalue weighted by Crippen LogP contribution is -1.87. The standard InChI is InChI=1S/C28H21N3O3/c1-34-25-17-13-23(14-18-25)28-29-26(21-5-3-2-4-6-21)27(30-28)22-9-7-19(8-10-22)20-11-15-24(16-12-20)31(32)33/h2-18H,1H3,(H,29,30). The second-order valence-corrected chi connectivity index (χ2v) is 7.78. The summed E-state index contributed by atoms with van der Waals surface area (Å²) < 4.78 is 5.27. The fourth-order valence-corrected chi connectivity index (χ4v) is 3.88. The monoisotopic (exact) mass is 447 g/mol. The third-order valence-electron chi connectivity index (χ3n) is 5.70. The molecule has 0 radical (unpaired) electrons. The van der Waals surface area contributed by atoms with Crippen LogP contribution in [0.5, 0.6) is 5.75 Å². The molecule has 6 heteroatoms. The van der Waals surface area contributed by atoms with Crippen molar-refractivity contribution in [3.63, 3.8) is 0 Å². The molecule has 166 valence electrons. The first kappa shape index (κ1) is 21.2. The van der Waals surface area contributed by atoms with Crippen molar-refractivity contribution in [3.05, 3.63) is 113 Å².